The first-order chi connectivity index (χ1) is 12.4. The molecule has 5 rings (SSSR count). The summed E-state index contributed by atoms with van der Waals surface area (Å²) in [6, 6.07) is 16.0. The number of anilines is 2. The fourth-order valence-electron chi connectivity index (χ4n) is 2.77. The summed E-state index contributed by atoms with van der Waals surface area (Å²) >= 11 is 24.7. The predicted octanol–water partition coefficient (Wildman–Crippen LogP) is 6.54. The van der Waals surface area contributed by atoms with Gasteiger partial charge < -0.3 is 0 Å². The van der Waals surface area contributed by atoms with Gasteiger partial charge in [-0.05, 0) is 47.9 Å². The van der Waals surface area contributed by atoms with E-state index < -0.39 is 11.1 Å². The third kappa shape index (κ3) is 2.54. The van der Waals surface area contributed by atoms with Crippen molar-refractivity contribution in [1.29, 1.82) is 0 Å². The molecule has 0 aliphatic carbocycles. The van der Waals surface area contributed by atoms with Crippen LogP contribution >= 0.6 is 58.3 Å². The van der Waals surface area contributed by atoms with E-state index in [2.05, 4.69) is 0 Å². The van der Waals surface area contributed by atoms with Gasteiger partial charge in [-0.1, -0.05) is 71.4 Å². The summed E-state index contributed by atoms with van der Waals surface area (Å²) in [5.74, 6) is 0. The Hall–Kier alpha value is -0.180. The van der Waals surface area contributed by atoms with E-state index in [-0.39, 0.29) is 0 Å². The smallest absolute Gasteiger partial charge is 0.198 e. The van der Waals surface area contributed by atoms with Gasteiger partial charge in [0.2, 0.25) is 0 Å². The van der Waals surface area contributed by atoms with Crippen LogP contribution in [0.25, 0.3) is 20.4 Å². The van der Waals surface area contributed by atoms with E-state index >= 15 is 0 Å². The van der Waals surface area contributed by atoms with Gasteiger partial charge in [0, 0.05) is 0 Å². The van der Waals surface area contributed by atoms with Crippen molar-refractivity contribution in [3.05, 3.63) is 48.5 Å². The Bertz CT molecular complexity index is 1090. The van der Waals surface area contributed by atoms with Crippen LogP contribution in [0.2, 0.25) is 0 Å². The minimum absolute atomic E-state index is 0.806. The van der Waals surface area contributed by atoms with Crippen LogP contribution in [0.4, 0.5) is 10.3 Å². The molecule has 0 saturated carbocycles. The third-order valence-corrected chi connectivity index (χ3v) is 19.6. The molecule has 26 heavy (non-hydrogen) atoms. The monoisotopic (exact) mass is 488 g/mol. The van der Waals surface area contributed by atoms with Crippen molar-refractivity contribution >= 4 is 113 Å². The van der Waals surface area contributed by atoms with Gasteiger partial charge in [-0.3, -0.25) is 0 Å². The zero-order valence-electron chi connectivity index (χ0n) is 12.8. The zero-order valence-corrected chi connectivity index (χ0v) is 19.7. The average molecular weight is 489 g/mol. The molecule has 0 spiro atoms. The predicted molar refractivity (Wildman–Crippen MR) is 131 cm³/mol. The van der Waals surface area contributed by atoms with E-state index in [1.807, 2.05) is 57.4 Å². The Kier molecular flexibility index (Phi) is 4.24. The molecule has 4 aromatic rings. The maximum atomic E-state index is 5.91. The second kappa shape index (κ2) is 6.16. The Morgan fingerprint density at radius 3 is 1.50 bits per heavy atom. The molecule has 4 nitrogen and oxygen atoms in total. The van der Waals surface area contributed by atoms with Crippen LogP contribution < -0.4 is 8.88 Å². The topological polar surface area (TPSA) is 32.3 Å². The van der Waals surface area contributed by atoms with Crippen LogP contribution in [0.15, 0.2) is 48.5 Å². The molecule has 1 saturated heterocycles. The quantitative estimate of drug-likeness (QED) is 0.246. The van der Waals surface area contributed by atoms with Gasteiger partial charge in [0.1, 0.15) is 0 Å². The molecule has 2 aromatic carbocycles. The second-order valence-electron chi connectivity index (χ2n) is 5.53. The number of thiazole rings is 2. The molecule has 3 heterocycles. The molecule has 0 bridgehead atoms. The highest BCUT2D eigenvalue weighted by molar-refractivity contribution is 8.80. The highest BCUT2D eigenvalue weighted by Crippen LogP contribution is 2.91. The number of para-hydroxylation sites is 2. The van der Waals surface area contributed by atoms with E-state index in [1.165, 1.54) is 0 Å². The summed E-state index contributed by atoms with van der Waals surface area (Å²) in [5.41, 5.74) is -2.92. The fourth-order valence-corrected chi connectivity index (χ4v) is 25.7. The van der Waals surface area contributed by atoms with Crippen molar-refractivity contribution < 1.29 is 0 Å². The molecule has 1 aliphatic rings. The maximum Gasteiger partial charge on any atom is 0.198 e. The Morgan fingerprint density at radius 1 is 0.731 bits per heavy atom. The lowest BCUT2D eigenvalue weighted by Gasteiger charge is -2.56. The Morgan fingerprint density at radius 2 is 1.12 bits per heavy atom. The summed E-state index contributed by atoms with van der Waals surface area (Å²) in [6.45, 7) is 0. The summed E-state index contributed by atoms with van der Waals surface area (Å²) < 4.78 is 6.20. The summed E-state index contributed by atoms with van der Waals surface area (Å²) in [6.07, 6.45) is 0. The molecule has 0 amide bonds. The Balaban J connectivity index is 1.62. The molecule has 1 aliphatic heterocycles. The average Bonchev–Trinajstić information content (AvgIpc) is 3.15. The van der Waals surface area contributed by atoms with Crippen LogP contribution in [0, 0.1) is 0 Å². The number of aromatic nitrogens is 2. The standard InChI is InChI=1S/C14H10N4P2S6/c21-19(22)17(13-15-9-5-1-3-7-11(9)25-13)20(23,24)18(19)14-16-10-6-2-4-8-12(10)26-14/h1-8H,(H,21,22)(H,23,24). The Labute approximate surface area is 178 Å². The number of rotatable bonds is 2. The van der Waals surface area contributed by atoms with Gasteiger partial charge in [-0.25, -0.2) is 18.8 Å². The third-order valence-electron chi connectivity index (χ3n) is 3.89. The minimum atomic E-state index is -2.40. The van der Waals surface area contributed by atoms with E-state index in [1.54, 1.807) is 22.7 Å². The molecule has 12 heteroatoms. The fraction of sp³-hybridized carbons (Fsp3) is 0. The van der Waals surface area contributed by atoms with Gasteiger partial charge >= 0.3 is 0 Å². The molecule has 0 atom stereocenters. The van der Waals surface area contributed by atoms with Crippen LogP contribution in [0.3, 0.4) is 0 Å². The van der Waals surface area contributed by atoms with Gasteiger partial charge in [-0.2, -0.15) is 0 Å². The van der Waals surface area contributed by atoms with Crippen LogP contribution in [0.5, 0.6) is 0 Å². The maximum absolute atomic E-state index is 5.91. The number of hydrogen-bond acceptors (Lipinski definition) is 6. The van der Waals surface area contributed by atoms with Crippen LogP contribution in [0.1, 0.15) is 0 Å². The number of thiol groups is 2. The van der Waals surface area contributed by atoms with Gasteiger partial charge in [-0.15, -0.1) is 0 Å². The molecular weight excluding hydrogens is 479 g/mol. The summed E-state index contributed by atoms with van der Waals surface area (Å²) in [7, 11) is 0. The van der Waals surface area contributed by atoms with Gasteiger partial charge in [0.25, 0.3) is 0 Å². The lowest BCUT2D eigenvalue weighted by molar-refractivity contribution is 1.36. The van der Waals surface area contributed by atoms with E-state index in [0.29, 0.717) is 0 Å². The number of fused-ring (bicyclic) bond motifs is 2. The largest absolute Gasteiger partial charge is 0.241 e. The molecule has 132 valence electrons. The number of hydrogen-bond donors (Lipinski definition) is 2. The van der Waals surface area contributed by atoms with Crippen LogP contribution in [-0.4, -0.2) is 9.97 Å². The number of benzene rings is 2. The van der Waals surface area contributed by atoms with E-state index in [9.17, 15) is 0 Å². The highest BCUT2D eigenvalue weighted by Gasteiger charge is 2.56. The lowest BCUT2D eigenvalue weighted by Crippen LogP contribution is -2.37. The van der Waals surface area contributed by atoms with Crippen molar-refractivity contribution in [2.24, 2.45) is 0 Å². The normalized spacial score (nSPS) is 25.8. The van der Waals surface area contributed by atoms with Crippen molar-refractivity contribution in [2.45, 2.75) is 0 Å². The highest BCUT2D eigenvalue weighted by atomic mass is 32.9. The van der Waals surface area contributed by atoms with E-state index in [0.717, 1.165) is 30.7 Å². The van der Waals surface area contributed by atoms with Crippen LogP contribution in [-0.2, 0) is 23.6 Å². The molecule has 2 aromatic heterocycles. The van der Waals surface area contributed by atoms with Gasteiger partial charge in [0.05, 0.1) is 20.4 Å². The second-order valence-corrected chi connectivity index (χ2v) is 19.9. The summed E-state index contributed by atoms with van der Waals surface area (Å²) in [5, 5.41) is 1.61. The van der Waals surface area contributed by atoms with Crippen molar-refractivity contribution in [1.82, 2.24) is 9.97 Å². The molecule has 1 fully saturated rings. The summed E-state index contributed by atoms with van der Waals surface area (Å²) in [4.78, 5) is 9.44. The molecule has 0 radical (unpaired) electrons. The lowest BCUT2D eigenvalue weighted by atomic mass is 10.3. The molecular formula is C14H10N4P2S6. The van der Waals surface area contributed by atoms with Gasteiger partial charge in [0.15, 0.2) is 21.3 Å². The van der Waals surface area contributed by atoms with Crippen molar-refractivity contribution in [2.75, 3.05) is 8.88 Å². The first-order valence-electron chi connectivity index (χ1n) is 7.38. The van der Waals surface area contributed by atoms with E-state index in [4.69, 9.17) is 58.1 Å². The minimum Gasteiger partial charge on any atom is -0.241 e. The number of nitrogens with zero attached hydrogens (tertiary/aromatic N) is 4. The van der Waals surface area contributed by atoms with Crippen molar-refractivity contribution in [3.8, 4) is 0 Å². The first kappa shape index (κ1) is 17.9. The first-order valence-corrected chi connectivity index (χ1v) is 16.7. The molecule has 0 unspecified atom stereocenters. The SMILES string of the molecule is S=P1(S)N(c2nc3ccccc3s2)P(=S)(S)N1c1nc2ccccc2s1. The zero-order chi connectivity index (χ0) is 18.1. The van der Waals surface area contributed by atoms with Crippen molar-refractivity contribution in [3.63, 3.8) is 0 Å². The molecule has 0 N–H and O–H groups in total.